The van der Waals surface area contributed by atoms with Gasteiger partial charge < -0.3 is 29.4 Å². The molecule has 0 aliphatic carbocycles. The molecule has 1 fully saturated rings. The summed E-state index contributed by atoms with van der Waals surface area (Å²) in [4.78, 5) is 45.3. The summed E-state index contributed by atoms with van der Waals surface area (Å²) in [5.74, 6) is -1.33. The minimum Gasteiger partial charge on any atom is -0.462 e. The third-order valence-corrected chi connectivity index (χ3v) is 7.21. The lowest BCUT2D eigenvalue weighted by molar-refractivity contribution is -0.140. The van der Waals surface area contributed by atoms with Crippen LogP contribution >= 0.6 is 0 Å². The van der Waals surface area contributed by atoms with E-state index in [2.05, 4.69) is 4.90 Å². The lowest BCUT2D eigenvalue weighted by Crippen LogP contribution is -2.52. The zero-order valence-electron chi connectivity index (χ0n) is 20.7. The van der Waals surface area contributed by atoms with Gasteiger partial charge in [0.15, 0.2) is 0 Å². The molecule has 0 bridgehead atoms. The van der Waals surface area contributed by atoms with Crippen LogP contribution in [0.25, 0.3) is 0 Å². The number of aromatic nitrogens is 1. The summed E-state index contributed by atoms with van der Waals surface area (Å²) < 4.78 is 18.2. The second-order valence-corrected chi connectivity index (χ2v) is 9.13. The Bertz CT molecular complexity index is 1330. The third-order valence-electron chi connectivity index (χ3n) is 7.21. The van der Waals surface area contributed by atoms with Crippen LogP contribution in [-0.4, -0.2) is 67.8 Å². The first kappa shape index (κ1) is 24.1. The maximum Gasteiger partial charge on any atom is 0.341 e. The first-order chi connectivity index (χ1) is 17.3. The van der Waals surface area contributed by atoms with Gasteiger partial charge in [-0.25, -0.2) is 4.79 Å². The maximum absolute atomic E-state index is 14.2. The van der Waals surface area contributed by atoms with Gasteiger partial charge in [-0.1, -0.05) is 18.2 Å². The van der Waals surface area contributed by atoms with E-state index in [4.69, 9.17) is 19.9 Å². The number of hydrogen-bond donors (Lipinski definition) is 1. The summed E-state index contributed by atoms with van der Waals surface area (Å²) in [6.07, 6.45) is 0. The van der Waals surface area contributed by atoms with Gasteiger partial charge in [-0.05, 0) is 19.9 Å². The van der Waals surface area contributed by atoms with Crippen molar-refractivity contribution in [3.8, 4) is 5.75 Å². The minimum atomic E-state index is -1.78. The van der Waals surface area contributed by atoms with Gasteiger partial charge >= 0.3 is 5.97 Å². The number of nitrogens with two attached hydrogens (primary N) is 1. The van der Waals surface area contributed by atoms with Crippen molar-refractivity contribution in [2.75, 3.05) is 51.4 Å². The second kappa shape index (κ2) is 9.11. The Morgan fingerprint density at radius 1 is 1.17 bits per heavy atom. The van der Waals surface area contributed by atoms with E-state index < -0.39 is 22.9 Å². The molecular formula is C26H30N4O6. The summed E-state index contributed by atoms with van der Waals surface area (Å²) in [7, 11) is 1.62. The number of likely N-dealkylation sites (N-methyl/N-ethyl adjacent to an activating group) is 1. The molecule has 1 aromatic heterocycles. The van der Waals surface area contributed by atoms with Gasteiger partial charge in [-0.2, -0.15) is 0 Å². The van der Waals surface area contributed by atoms with Crippen molar-refractivity contribution < 1.29 is 23.8 Å². The van der Waals surface area contributed by atoms with E-state index >= 15 is 0 Å². The van der Waals surface area contributed by atoms with Crippen LogP contribution in [0.3, 0.4) is 0 Å². The van der Waals surface area contributed by atoms with Gasteiger partial charge in [0.05, 0.1) is 25.4 Å². The van der Waals surface area contributed by atoms with Gasteiger partial charge in [-0.15, -0.1) is 0 Å². The number of aryl methyl sites for hydroxylation is 1. The molecule has 10 nitrogen and oxygen atoms in total. The van der Waals surface area contributed by atoms with E-state index in [0.29, 0.717) is 43.2 Å². The zero-order valence-corrected chi connectivity index (χ0v) is 20.7. The fourth-order valence-corrected chi connectivity index (χ4v) is 5.49. The summed E-state index contributed by atoms with van der Waals surface area (Å²) in [6, 6.07) is 8.80. The Labute approximate surface area is 208 Å². The molecule has 1 amide bonds. The quantitative estimate of drug-likeness (QED) is 0.609. The fourth-order valence-electron chi connectivity index (χ4n) is 5.49. The van der Waals surface area contributed by atoms with Crippen molar-refractivity contribution in [3.05, 3.63) is 69.0 Å². The first-order valence-corrected chi connectivity index (χ1v) is 12.1. The molecule has 2 N–H and O–H groups in total. The number of ether oxygens (including phenoxy) is 3. The highest BCUT2D eigenvalue weighted by atomic mass is 16.5. The number of pyridine rings is 1. The molecule has 1 aromatic carbocycles. The van der Waals surface area contributed by atoms with E-state index in [1.165, 1.54) is 4.90 Å². The topological polar surface area (TPSA) is 116 Å². The largest absolute Gasteiger partial charge is 0.462 e. The molecule has 3 aliphatic rings. The van der Waals surface area contributed by atoms with Gasteiger partial charge in [-0.3, -0.25) is 14.5 Å². The fraction of sp³-hybridized carbons (Fsp3) is 0.423. The van der Waals surface area contributed by atoms with E-state index in [1.54, 1.807) is 48.9 Å². The summed E-state index contributed by atoms with van der Waals surface area (Å²) >= 11 is 0. The molecule has 5 rings (SSSR count). The van der Waals surface area contributed by atoms with Crippen molar-refractivity contribution in [1.29, 1.82) is 0 Å². The van der Waals surface area contributed by atoms with Gasteiger partial charge in [0, 0.05) is 56.2 Å². The molecule has 4 heterocycles. The van der Waals surface area contributed by atoms with Crippen molar-refractivity contribution in [2.45, 2.75) is 25.8 Å². The Hall–Kier alpha value is -3.63. The molecule has 2 aromatic rings. The molecule has 10 heteroatoms. The van der Waals surface area contributed by atoms with Crippen LogP contribution in [0.4, 0.5) is 5.69 Å². The van der Waals surface area contributed by atoms with Gasteiger partial charge in [0.2, 0.25) is 11.8 Å². The van der Waals surface area contributed by atoms with Gasteiger partial charge in [0.1, 0.15) is 16.7 Å². The number of para-hydroxylation sites is 1. The Morgan fingerprint density at radius 3 is 2.61 bits per heavy atom. The molecule has 1 spiro atoms. The molecule has 36 heavy (non-hydrogen) atoms. The molecular weight excluding hydrogens is 464 g/mol. The molecule has 3 aliphatic heterocycles. The van der Waals surface area contributed by atoms with Crippen LogP contribution in [-0.2, 0) is 31.0 Å². The van der Waals surface area contributed by atoms with Crippen molar-refractivity contribution in [2.24, 2.45) is 5.73 Å². The number of benzene rings is 1. The number of anilines is 1. The van der Waals surface area contributed by atoms with Crippen LogP contribution in [0.2, 0.25) is 0 Å². The van der Waals surface area contributed by atoms with Gasteiger partial charge in [0.25, 0.3) is 5.56 Å². The molecule has 190 valence electrons. The number of carbonyl (C=O) groups is 2. The average molecular weight is 495 g/mol. The Kier molecular flexibility index (Phi) is 6.09. The highest BCUT2D eigenvalue weighted by molar-refractivity contribution is 6.18. The number of nitrogens with zero attached hydrogens (tertiary/aromatic N) is 3. The molecule has 1 atom stereocenters. The normalized spacial score (nSPS) is 21.4. The number of amides is 1. The molecule has 0 radical (unpaired) electrons. The number of hydrogen-bond acceptors (Lipinski definition) is 8. The van der Waals surface area contributed by atoms with Crippen LogP contribution < -0.4 is 20.9 Å². The summed E-state index contributed by atoms with van der Waals surface area (Å²) in [6.45, 7) is 7.48. The Balaban J connectivity index is 1.74. The van der Waals surface area contributed by atoms with Crippen molar-refractivity contribution in [3.63, 3.8) is 0 Å². The lowest BCUT2D eigenvalue weighted by atomic mass is 9.68. The first-order valence-electron chi connectivity index (χ1n) is 12.1. The smallest absolute Gasteiger partial charge is 0.341 e. The monoisotopic (exact) mass is 494 g/mol. The highest BCUT2D eigenvalue weighted by Crippen LogP contribution is 2.54. The average Bonchev–Trinajstić information content (AvgIpc) is 3.07. The SMILES string of the molecule is CCOC(=O)C1=C(N)Oc2cc(C)n(CCN3CCOCC3)c(=O)c2C12C(=O)N(C)c1ccccc12. The van der Waals surface area contributed by atoms with E-state index in [-0.39, 0.29) is 29.4 Å². The minimum absolute atomic E-state index is 0.0713. The number of carbonyl (C=O) groups excluding carboxylic acids is 2. The zero-order chi connectivity index (χ0) is 25.6. The molecule has 0 saturated carbocycles. The third kappa shape index (κ3) is 3.43. The summed E-state index contributed by atoms with van der Waals surface area (Å²) in [5.41, 5.74) is 5.78. The number of esters is 1. The van der Waals surface area contributed by atoms with Crippen molar-refractivity contribution in [1.82, 2.24) is 9.47 Å². The standard InChI is InChI=1S/C26H30N4O6/c1-4-35-24(32)21-22(27)36-19-15-16(2)30(10-9-29-11-13-34-14-12-29)23(31)20(19)26(21)17-7-5-6-8-18(17)28(3)25(26)33/h5-8,15H,4,9-14,27H2,1-3H3. The second-order valence-electron chi connectivity index (χ2n) is 9.13. The van der Waals surface area contributed by atoms with E-state index in [9.17, 15) is 14.4 Å². The molecule has 1 unspecified atom stereocenters. The van der Waals surface area contributed by atoms with Crippen molar-refractivity contribution >= 4 is 17.6 Å². The lowest BCUT2D eigenvalue weighted by Gasteiger charge is -2.36. The predicted molar refractivity (Wildman–Crippen MR) is 132 cm³/mol. The highest BCUT2D eigenvalue weighted by Gasteiger charge is 2.62. The van der Waals surface area contributed by atoms with E-state index in [0.717, 1.165) is 13.1 Å². The van der Waals surface area contributed by atoms with Crippen LogP contribution in [0.1, 0.15) is 23.7 Å². The number of morpholine rings is 1. The predicted octanol–water partition coefficient (Wildman–Crippen LogP) is 0.877. The van der Waals surface area contributed by atoms with Crippen LogP contribution in [0, 0.1) is 6.92 Å². The van der Waals surface area contributed by atoms with E-state index in [1.807, 2.05) is 6.92 Å². The summed E-state index contributed by atoms with van der Waals surface area (Å²) in [5, 5.41) is 0. The number of rotatable bonds is 5. The Morgan fingerprint density at radius 2 is 1.89 bits per heavy atom. The van der Waals surface area contributed by atoms with Crippen LogP contribution in [0.15, 0.2) is 46.6 Å². The molecule has 1 saturated heterocycles. The maximum atomic E-state index is 14.2. The number of fused-ring (bicyclic) bond motifs is 4. The van der Waals surface area contributed by atoms with Crippen LogP contribution in [0.5, 0.6) is 5.75 Å².